The van der Waals surface area contributed by atoms with Crippen LogP contribution in [0.5, 0.6) is 0 Å². The smallest absolute Gasteiger partial charge is 0.336 e. The van der Waals surface area contributed by atoms with Crippen LogP contribution >= 0.6 is 0 Å². The Morgan fingerprint density at radius 2 is 0.909 bits per heavy atom. The SMILES string of the molecule is C=Cc1ccc(C(=O)Nc2ccc3ccc4ccc(NC(=O)c5ccc(C=C)cc5C(=O)O)c5ccc2c3c45)c(C(=O)O)c1. The van der Waals surface area contributed by atoms with Gasteiger partial charge in [-0.05, 0) is 69.1 Å². The van der Waals surface area contributed by atoms with Gasteiger partial charge in [-0.2, -0.15) is 0 Å². The number of nitrogens with one attached hydrogen (secondary N) is 2. The van der Waals surface area contributed by atoms with Crippen LogP contribution in [0.25, 0.3) is 44.5 Å². The lowest BCUT2D eigenvalue weighted by Crippen LogP contribution is -2.17. The van der Waals surface area contributed by atoms with E-state index < -0.39 is 23.8 Å². The first-order chi connectivity index (χ1) is 21.2. The van der Waals surface area contributed by atoms with Crippen LogP contribution in [0.2, 0.25) is 0 Å². The number of hydrogen-bond acceptors (Lipinski definition) is 4. The summed E-state index contributed by atoms with van der Waals surface area (Å²) in [6.45, 7) is 7.32. The van der Waals surface area contributed by atoms with Crippen LogP contribution in [-0.2, 0) is 0 Å². The number of hydrogen-bond donors (Lipinski definition) is 4. The molecule has 44 heavy (non-hydrogen) atoms. The van der Waals surface area contributed by atoms with Crippen molar-refractivity contribution in [1.82, 2.24) is 0 Å². The van der Waals surface area contributed by atoms with Crippen LogP contribution in [-0.4, -0.2) is 34.0 Å². The van der Waals surface area contributed by atoms with Crippen LogP contribution in [0, 0.1) is 0 Å². The topological polar surface area (TPSA) is 133 Å². The van der Waals surface area contributed by atoms with Gasteiger partial charge >= 0.3 is 11.9 Å². The van der Waals surface area contributed by atoms with Gasteiger partial charge in [0.2, 0.25) is 0 Å². The molecule has 2 amide bonds. The van der Waals surface area contributed by atoms with Gasteiger partial charge in [0.05, 0.1) is 22.3 Å². The molecule has 0 saturated heterocycles. The number of aromatic carboxylic acids is 2. The van der Waals surface area contributed by atoms with E-state index in [2.05, 4.69) is 23.8 Å². The van der Waals surface area contributed by atoms with E-state index in [-0.39, 0.29) is 22.3 Å². The maximum Gasteiger partial charge on any atom is 0.336 e. The Kier molecular flexibility index (Phi) is 6.87. The van der Waals surface area contributed by atoms with E-state index in [9.17, 15) is 29.4 Å². The molecule has 0 atom stereocenters. The summed E-state index contributed by atoms with van der Waals surface area (Å²) in [5, 5.41) is 30.1. The van der Waals surface area contributed by atoms with Gasteiger partial charge in [-0.25, -0.2) is 9.59 Å². The van der Waals surface area contributed by atoms with Crippen LogP contribution in [0.3, 0.4) is 0 Å². The third kappa shape index (κ3) is 4.70. The summed E-state index contributed by atoms with van der Waals surface area (Å²) in [6, 6.07) is 23.8. The zero-order valence-electron chi connectivity index (χ0n) is 23.2. The lowest BCUT2D eigenvalue weighted by atomic mass is 9.92. The van der Waals surface area contributed by atoms with Crippen molar-refractivity contribution in [1.29, 1.82) is 0 Å². The summed E-state index contributed by atoms with van der Waals surface area (Å²) in [6.07, 6.45) is 3.02. The molecule has 0 aliphatic rings. The van der Waals surface area contributed by atoms with Crippen molar-refractivity contribution in [3.8, 4) is 0 Å². The van der Waals surface area contributed by atoms with Crippen LogP contribution in [0.4, 0.5) is 11.4 Å². The third-order valence-electron chi connectivity index (χ3n) is 7.67. The van der Waals surface area contributed by atoms with Gasteiger partial charge in [0.1, 0.15) is 0 Å². The van der Waals surface area contributed by atoms with E-state index in [1.165, 1.54) is 36.4 Å². The van der Waals surface area contributed by atoms with E-state index >= 15 is 0 Å². The summed E-state index contributed by atoms with van der Waals surface area (Å²) in [5.74, 6) is -3.60. The van der Waals surface area contributed by atoms with Crippen molar-refractivity contribution >= 4 is 79.6 Å². The highest BCUT2D eigenvalue weighted by atomic mass is 16.4. The van der Waals surface area contributed by atoms with Crippen molar-refractivity contribution in [2.75, 3.05) is 10.6 Å². The highest BCUT2D eigenvalue weighted by Gasteiger charge is 2.21. The third-order valence-corrected chi connectivity index (χ3v) is 7.67. The number of carbonyl (C=O) groups excluding carboxylic acids is 2. The van der Waals surface area contributed by atoms with Gasteiger partial charge in [-0.15, -0.1) is 0 Å². The maximum atomic E-state index is 13.3. The molecule has 0 fully saturated rings. The van der Waals surface area contributed by atoms with E-state index in [1.54, 1.807) is 24.3 Å². The highest BCUT2D eigenvalue weighted by Crippen LogP contribution is 2.40. The van der Waals surface area contributed by atoms with Gasteiger partial charge in [0.15, 0.2) is 0 Å². The molecule has 4 N–H and O–H groups in total. The number of carboxylic acid groups (broad SMARTS) is 2. The molecule has 0 bridgehead atoms. The molecule has 8 heteroatoms. The average Bonchev–Trinajstić information content (AvgIpc) is 3.04. The fraction of sp³-hybridized carbons (Fsp3) is 0. The molecule has 6 aromatic rings. The second-order valence-electron chi connectivity index (χ2n) is 10.2. The molecule has 0 radical (unpaired) electrons. The maximum absolute atomic E-state index is 13.3. The Hall–Kier alpha value is -6.28. The monoisotopic (exact) mass is 580 g/mol. The van der Waals surface area contributed by atoms with Gasteiger partial charge in [0.25, 0.3) is 11.8 Å². The predicted molar refractivity (Wildman–Crippen MR) is 173 cm³/mol. The van der Waals surface area contributed by atoms with Crippen LogP contribution < -0.4 is 10.6 Å². The summed E-state index contributed by atoms with van der Waals surface area (Å²) in [5.41, 5.74) is 1.90. The molecule has 214 valence electrons. The van der Waals surface area contributed by atoms with Gasteiger partial charge in [0, 0.05) is 22.1 Å². The molecular weight excluding hydrogens is 556 g/mol. The number of carbonyl (C=O) groups is 4. The molecule has 0 heterocycles. The molecule has 0 spiro atoms. The Morgan fingerprint density at radius 3 is 1.27 bits per heavy atom. The summed E-state index contributed by atoms with van der Waals surface area (Å²) < 4.78 is 0. The molecule has 0 saturated carbocycles. The Labute approximate surface area is 250 Å². The van der Waals surface area contributed by atoms with Crippen molar-refractivity contribution in [2.24, 2.45) is 0 Å². The van der Waals surface area contributed by atoms with E-state index in [0.717, 1.165) is 32.3 Å². The van der Waals surface area contributed by atoms with Crippen LogP contribution in [0.15, 0.2) is 98.1 Å². The van der Waals surface area contributed by atoms with E-state index in [0.29, 0.717) is 22.5 Å². The Balaban J connectivity index is 1.43. The largest absolute Gasteiger partial charge is 0.478 e. The van der Waals surface area contributed by atoms with E-state index in [1.807, 2.05) is 36.4 Å². The van der Waals surface area contributed by atoms with Gasteiger partial charge < -0.3 is 20.8 Å². The summed E-state index contributed by atoms with van der Waals surface area (Å²) >= 11 is 0. The minimum Gasteiger partial charge on any atom is -0.478 e. The highest BCUT2D eigenvalue weighted by molar-refractivity contribution is 6.29. The Bertz CT molecular complexity index is 2060. The second-order valence-corrected chi connectivity index (χ2v) is 10.2. The number of amides is 2. The number of rotatable bonds is 8. The molecular formula is C36H24N2O6. The summed E-state index contributed by atoms with van der Waals surface area (Å²) in [4.78, 5) is 50.4. The second kappa shape index (κ2) is 10.8. The predicted octanol–water partition coefficient (Wildman–Crippen LogP) is 7.77. The fourth-order valence-electron chi connectivity index (χ4n) is 5.53. The first-order valence-corrected chi connectivity index (χ1v) is 13.5. The van der Waals surface area contributed by atoms with Crippen LogP contribution in [0.1, 0.15) is 52.6 Å². The normalized spacial score (nSPS) is 11.0. The van der Waals surface area contributed by atoms with Crippen molar-refractivity contribution in [2.45, 2.75) is 0 Å². The number of carboxylic acids is 2. The lowest BCUT2D eigenvalue weighted by Gasteiger charge is -2.17. The molecule has 0 unspecified atom stereocenters. The zero-order chi connectivity index (χ0) is 31.1. The van der Waals surface area contributed by atoms with Gasteiger partial charge in [-0.3, -0.25) is 9.59 Å². The average molecular weight is 581 g/mol. The van der Waals surface area contributed by atoms with Crippen molar-refractivity contribution in [3.63, 3.8) is 0 Å². The molecule has 6 rings (SSSR count). The minimum atomic E-state index is -1.23. The minimum absolute atomic E-state index is 0.0145. The quantitative estimate of drug-likeness (QED) is 0.136. The Morgan fingerprint density at radius 1 is 0.523 bits per heavy atom. The molecule has 0 aromatic heterocycles. The first kappa shape index (κ1) is 27.9. The summed E-state index contributed by atoms with van der Waals surface area (Å²) in [7, 11) is 0. The molecule has 8 nitrogen and oxygen atoms in total. The number of benzene rings is 6. The standard InChI is InChI=1S/C36H24N2O6/c1-3-19-5-11-23(27(17-19)35(41)42)33(39)37-29-15-9-21-7-8-22-10-16-30(26-14-13-25(29)31(21)32(22)26)38-34(40)24-12-6-20(4-2)18-28(24)36(43)44/h3-18H,1-2H2,(H,37,39)(H,38,40)(H,41,42)(H,43,44). The van der Waals surface area contributed by atoms with Crippen molar-refractivity contribution < 1.29 is 29.4 Å². The molecule has 6 aromatic carbocycles. The molecule has 0 aliphatic heterocycles. The van der Waals surface area contributed by atoms with Crippen molar-refractivity contribution in [3.05, 3.63) is 131 Å². The van der Waals surface area contributed by atoms with E-state index in [4.69, 9.17) is 0 Å². The fourth-order valence-corrected chi connectivity index (χ4v) is 5.53. The van der Waals surface area contributed by atoms with Gasteiger partial charge in [-0.1, -0.05) is 73.8 Å². The molecule has 0 aliphatic carbocycles. The first-order valence-electron chi connectivity index (χ1n) is 13.5. The zero-order valence-corrected chi connectivity index (χ0v) is 23.2. The number of anilines is 2. The lowest BCUT2D eigenvalue weighted by molar-refractivity contribution is 0.0683.